The zero-order valence-corrected chi connectivity index (χ0v) is 19.3. The number of aliphatic hydroxyl groups is 1. The van der Waals surface area contributed by atoms with E-state index in [-0.39, 0.29) is 29.9 Å². The second kappa shape index (κ2) is 8.41. The van der Waals surface area contributed by atoms with Gasteiger partial charge in [-0.05, 0) is 54.1 Å². The van der Waals surface area contributed by atoms with Crippen LogP contribution in [0.15, 0.2) is 42.5 Å². The van der Waals surface area contributed by atoms with Crippen molar-refractivity contribution >= 4 is 30.1 Å². The molecule has 0 radical (unpaired) electrons. The first kappa shape index (κ1) is 23.9. The summed E-state index contributed by atoms with van der Waals surface area (Å²) < 4.78 is 20.2. The third-order valence-electron chi connectivity index (χ3n) is 7.85. The van der Waals surface area contributed by atoms with E-state index in [1.54, 1.807) is 6.07 Å². The number of aromatic hydroxyl groups is 1. The van der Waals surface area contributed by atoms with Crippen LogP contribution in [0.25, 0.3) is 0 Å². The molecular weight excluding hydrogens is 456 g/mol. The van der Waals surface area contributed by atoms with Gasteiger partial charge >= 0.3 is 7.12 Å². The second-order valence-corrected chi connectivity index (χ2v) is 10.1. The molecule has 3 fully saturated rings. The molecule has 5 rings (SSSR count). The average molecular weight is 483 g/mol. The SMILES string of the molecule is CC(C)[C@H]1C[C@@H]2C(=O)N(c3cccc(B(O)O)c3)C(=O)[C@@H]2[C@@H]2C[C@@H](c3ccc(O)c(F)c3)O[C@]12O. The zero-order chi connectivity index (χ0) is 25.2. The molecular formula is C25H27BFNO7. The average Bonchev–Trinajstić information content (AvgIpc) is 3.28. The predicted molar refractivity (Wildman–Crippen MR) is 124 cm³/mol. The minimum Gasteiger partial charge on any atom is -0.505 e. The van der Waals surface area contributed by atoms with E-state index in [9.17, 15) is 34.2 Å². The largest absolute Gasteiger partial charge is 0.505 e. The number of amides is 2. The number of imide groups is 1. The summed E-state index contributed by atoms with van der Waals surface area (Å²) in [5, 5.41) is 40.4. The smallest absolute Gasteiger partial charge is 0.488 e. The Balaban J connectivity index is 1.53. The fourth-order valence-corrected chi connectivity index (χ4v) is 6.18. The molecule has 6 atom stereocenters. The van der Waals surface area contributed by atoms with Crippen molar-refractivity contribution in [1.29, 1.82) is 0 Å². The molecule has 35 heavy (non-hydrogen) atoms. The fraction of sp³-hybridized carbons (Fsp3) is 0.440. The maximum Gasteiger partial charge on any atom is 0.488 e. The number of phenols is 1. The Morgan fingerprint density at radius 3 is 2.51 bits per heavy atom. The number of hydrogen-bond donors (Lipinski definition) is 4. The predicted octanol–water partition coefficient (Wildman–Crippen LogP) is 1.46. The lowest BCUT2D eigenvalue weighted by atomic mass is 9.62. The van der Waals surface area contributed by atoms with Crippen LogP contribution in [-0.4, -0.2) is 45.0 Å². The van der Waals surface area contributed by atoms with E-state index in [1.807, 2.05) is 13.8 Å². The summed E-state index contributed by atoms with van der Waals surface area (Å²) in [5.41, 5.74) is 0.814. The number of ether oxygens (including phenoxy) is 1. The first-order valence-electron chi connectivity index (χ1n) is 11.8. The van der Waals surface area contributed by atoms with Gasteiger partial charge in [0.05, 0.1) is 23.6 Å². The Labute approximate surface area is 202 Å². The molecule has 184 valence electrons. The fourth-order valence-electron chi connectivity index (χ4n) is 6.18. The van der Waals surface area contributed by atoms with Crippen LogP contribution in [0.2, 0.25) is 0 Å². The second-order valence-electron chi connectivity index (χ2n) is 10.1. The highest BCUT2D eigenvalue weighted by Crippen LogP contribution is 2.59. The molecule has 2 aromatic carbocycles. The van der Waals surface area contributed by atoms with Crippen LogP contribution in [0.4, 0.5) is 10.1 Å². The van der Waals surface area contributed by atoms with Crippen molar-refractivity contribution in [1.82, 2.24) is 0 Å². The molecule has 0 aromatic heterocycles. The van der Waals surface area contributed by atoms with Crippen molar-refractivity contribution in [2.24, 2.45) is 29.6 Å². The number of hydrogen-bond acceptors (Lipinski definition) is 7. The van der Waals surface area contributed by atoms with Crippen LogP contribution in [0.1, 0.15) is 38.4 Å². The van der Waals surface area contributed by atoms with Gasteiger partial charge in [-0.3, -0.25) is 14.5 Å². The molecule has 1 saturated carbocycles. The summed E-state index contributed by atoms with van der Waals surface area (Å²) in [4.78, 5) is 28.2. The van der Waals surface area contributed by atoms with Gasteiger partial charge in [0.15, 0.2) is 17.4 Å². The molecule has 0 unspecified atom stereocenters. The quantitative estimate of drug-likeness (QED) is 0.383. The standard InChI is InChI=1S/C25H27BFNO7/c1-12(2)17-10-16-22(24(31)28(23(16)30)15-5-3-4-14(9-15)26(33)34)18-11-21(35-25(17,18)32)13-6-7-20(29)19(27)8-13/h3-9,12,16-18,21-22,29,32-34H,10-11H2,1-2H3/t16-,17+,18-,21-,22-,25+/m0/s1. The van der Waals surface area contributed by atoms with Crippen molar-refractivity contribution in [3.8, 4) is 5.75 Å². The summed E-state index contributed by atoms with van der Waals surface area (Å²) >= 11 is 0. The van der Waals surface area contributed by atoms with Gasteiger partial charge in [-0.25, -0.2) is 4.39 Å². The third-order valence-corrected chi connectivity index (χ3v) is 7.85. The van der Waals surface area contributed by atoms with Gasteiger partial charge in [-0.2, -0.15) is 0 Å². The number of anilines is 1. The lowest BCUT2D eigenvalue weighted by Crippen LogP contribution is -2.55. The van der Waals surface area contributed by atoms with Crippen LogP contribution >= 0.6 is 0 Å². The molecule has 0 spiro atoms. The number of phenolic OH excluding ortho intramolecular Hbond substituents is 1. The molecule has 2 aromatic rings. The first-order chi connectivity index (χ1) is 16.5. The normalized spacial score (nSPS) is 32.2. The zero-order valence-electron chi connectivity index (χ0n) is 19.3. The summed E-state index contributed by atoms with van der Waals surface area (Å²) in [6.45, 7) is 3.84. The summed E-state index contributed by atoms with van der Waals surface area (Å²) in [7, 11) is -1.75. The van der Waals surface area contributed by atoms with E-state index >= 15 is 0 Å². The van der Waals surface area contributed by atoms with Crippen molar-refractivity contribution in [2.45, 2.75) is 38.6 Å². The molecule has 10 heteroatoms. The number of carbonyl (C=O) groups is 2. The van der Waals surface area contributed by atoms with Gasteiger partial charge in [-0.1, -0.05) is 32.0 Å². The van der Waals surface area contributed by atoms with Crippen LogP contribution in [0, 0.1) is 35.4 Å². The van der Waals surface area contributed by atoms with Gasteiger partial charge in [-0.15, -0.1) is 0 Å². The Kier molecular flexibility index (Phi) is 5.75. The first-order valence-corrected chi connectivity index (χ1v) is 11.8. The molecule has 2 aliphatic heterocycles. The number of benzene rings is 2. The van der Waals surface area contributed by atoms with Gasteiger partial charge in [0.25, 0.3) is 0 Å². The van der Waals surface area contributed by atoms with Gasteiger partial charge in [0, 0.05) is 11.8 Å². The molecule has 1 aliphatic carbocycles. The van der Waals surface area contributed by atoms with Crippen molar-refractivity contribution in [3.05, 3.63) is 53.8 Å². The van der Waals surface area contributed by atoms with Gasteiger partial charge < -0.3 is 25.0 Å². The van der Waals surface area contributed by atoms with E-state index in [1.165, 1.54) is 30.3 Å². The van der Waals surface area contributed by atoms with E-state index in [4.69, 9.17) is 4.74 Å². The maximum absolute atomic E-state index is 14.1. The minimum absolute atomic E-state index is 0.0661. The van der Waals surface area contributed by atoms with Crippen LogP contribution in [0.3, 0.4) is 0 Å². The number of fused-ring (bicyclic) bond motifs is 3. The Hall–Kier alpha value is -2.79. The molecule has 0 bridgehead atoms. The molecule has 4 N–H and O–H groups in total. The highest BCUT2D eigenvalue weighted by atomic mass is 19.1. The molecule has 3 aliphatic rings. The minimum atomic E-state index is -1.75. The highest BCUT2D eigenvalue weighted by Gasteiger charge is 2.67. The Morgan fingerprint density at radius 2 is 1.86 bits per heavy atom. The number of halogens is 1. The van der Waals surface area contributed by atoms with Gasteiger partial charge in [0.2, 0.25) is 11.8 Å². The van der Waals surface area contributed by atoms with Crippen molar-refractivity contribution < 1.29 is 39.0 Å². The number of rotatable bonds is 4. The van der Waals surface area contributed by atoms with Crippen LogP contribution in [-0.2, 0) is 14.3 Å². The van der Waals surface area contributed by atoms with Crippen LogP contribution in [0.5, 0.6) is 5.75 Å². The third kappa shape index (κ3) is 3.67. The van der Waals surface area contributed by atoms with Crippen molar-refractivity contribution in [3.63, 3.8) is 0 Å². The van der Waals surface area contributed by atoms with E-state index in [2.05, 4.69) is 0 Å². The summed E-state index contributed by atoms with van der Waals surface area (Å²) in [6, 6.07) is 9.85. The van der Waals surface area contributed by atoms with Crippen molar-refractivity contribution in [2.75, 3.05) is 4.90 Å². The number of nitrogens with zero attached hydrogens (tertiary/aromatic N) is 1. The highest BCUT2D eigenvalue weighted by molar-refractivity contribution is 6.58. The Morgan fingerprint density at radius 1 is 1.11 bits per heavy atom. The van der Waals surface area contributed by atoms with E-state index < -0.39 is 66.1 Å². The molecule has 2 heterocycles. The Bertz CT molecular complexity index is 1190. The number of carbonyl (C=O) groups excluding carboxylic acids is 2. The lowest BCUT2D eigenvalue weighted by Gasteiger charge is -2.46. The van der Waals surface area contributed by atoms with E-state index in [0.717, 1.165) is 11.0 Å². The molecule has 2 amide bonds. The summed E-state index contributed by atoms with van der Waals surface area (Å²) in [5.74, 6) is -6.58. The molecule has 2 saturated heterocycles. The monoisotopic (exact) mass is 483 g/mol. The lowest BCUT2D eigenvalue weighted by molar-refractivity contribution is -0.276. The van der Waals surface area contributed by atoms with Gasteiger partial charge in [0.1, 0.15) is 0 Å². The maximum atomic E-state index is 14.1. The van der Waals surface area contributed by atoms with Crippen LogP contribution < -0.4 is 10.4 Å². The summed E-state index contributed by atoms with van der Waals surface area (Å²) in [6.07, 6.45) is -0.271. The topological polar surface area (TPSA) is 128 Å². The molecule has 8 nitrogen and oxygen atoms in total. The van der Waals surface area contributed by atoms with E-state index in [0.29, 0.717) is 5.56 Å².